The molecule has 0 amide bonds. The molecule has 0 atom stereocenters. The number of aromatic nitrogens is 4. The van der Waals surface area contributed by atoms with Gasteiger partial charge in [0.1, 0.15) is 6.33 Å². The third-order valence-corrected chi connectivity index (χ3v) is 4.49. The number of hydrogen-bond donors (Lipinski definition) is 0. The van der Waals surface area contributed by atoms with E-state index in [1.54, 1.807) is 18.7 Å². The van der Waals surface area contributed by atoms with Crippen molar-refractivity contribution in [3.05, 3.63) is 48.1 Å². The predicted octanol–water partition coefficient (Wildman–Crippen LogP) is 2.80. The fourth-order valence-electron chi connectivity index (χ4n) is 3.20. The Morgan fingerprint density at radius 2 is 1.96 bits per heavy atom. The third-order valence-electron chi connectivity index (χ3n) is 4.49. The van der Waals surface area contributed by atoms with Crippen molar-refractivity contribution in [2.45, 2.75) is 19.9 Å². The number of hydrogen-bond acceptors (Lipinski definition) is 4. The quantitative estimate of drug-likeness (QED) is 0.738. The summed E-state index contributed by atoms with van der Waals surface area (Å²) in [6.07, 6.45) is 4.07. The van der Waals surface area contributed by atoms with E-state index in [4.69, 9.17) is 0 Å². The number of halogens is 2. The van der Waals surface area contributed by atoms with Crippen LogP contribution in [0, 0.1) is 17.6 Å². The molecule has 0 unspecified atom stereocenters. The van der Waals surface area contributed by atoms with Crippen LogP contribution in [0.3, 0.4) is 0 Å². The first-order chi connectivity index (χ1) is 11.7. The van der Waals surface area contributed by atoms with E-state index in [9.17, 15) is 8.78 Å². The molecule has 3 heterocycles. The Bertz CT molecular complexity index is 886. The van der Waals surface area contributed by atoms with E-state index in [1.165, 1.54) is 12.1 Å². The van der Waals surface area contributed by atoms with Gasteiger partial charge in [-0.1, -0.05) is 6.07 Å². The van der Waals surface area contributed by atoms with Gasteiger partial charge < -0.3 is 9.47 Å². The first-order valence-electron chi connectivity index (χ1n) is 8.00. The molecule has 3 aromatic rings. The van der Waals surface area contributed by atoms with Gasteiger partial charge in [-0.3, -0.25) is 0 Å². The molecular formula is C17H17F2N5. The Balaban J connectivity index is 1.47. The lowest BCUT2D eigenvalue weighted by Gasteiger charge is -2.40. The van der Waals surface area contributed by atoms with Gasteiger partial charge in [0.15, 0.2) is 28.6 Å². The normalized spacial score (nSPS) is 15.0. The van der Waals surface area contributed by atoms with Crippen LogP contribution in [0.1, 0.15) is 12.5 Å². The van der Waals surface area contributed by atoms with Gasteiger partial charge in [-0.05, 0) is 37.0 Å². The number of imidazole rings is 1. The monoisotopic (exact) mass is 329 g/mol. The van der Waals surface area contributed by atoms with E-state index in [0.29, 0.717) is 5.92 Å². The minimum Gasteiger partial charge on any atom is -0.354 e. The summed E-state index contributed by atoms with van der Waals surface area (Å²) in [5.74, 6) is -0.350. The minimum atomic E-state index is -0.802. The number of benzene rings is 1. The second-order valence-electron chi connectivity index (χ2n) is 6.12. The number of nitrogens with zero attached hydrogens (tertiary/aromatic N) is 5. The van der Waals surface area contributed by atoms with Crippen molar-refractivity contribution in [1.82, 2.24) is 19.5 Å². The lowest BCUT2D eigenvalue weighted by molar-refractivity contribution is 0.404. The zero-order valence-corrected chi connectivity index (χ0v) is 13.3. The summed E-state index contributed by atoms with van der Waals surface area (Å²) in [4.78, 5) is 15.3. The molecule has 24 heavy (non-hydrogen) atoms. The molecule has 1 fully saturated rings. The number of anilines is 1. The van der Waals surface area contributed by atoms with E-state index in [1.807, 2.05) is 11.5 Å². The number of aryl methyl sites for hydroxylation is 1. The first kappa shape index (κ1) is 15.0. The highest BCUT2D eigenvalue weighted by Gasteiger charge is 2.30. The van der Waals surface area contributed by atoms with Crippen LogP contribution < -0.4 is 4.90 Å². The molecule has 1 saturated heterocycles. The van der Waals surface area contributed by atoms with Gasteiger partial charge in [0.2, 0.25) is 0 Å². The maximum absolute atomic E-state index is 13.3. The summed E-state index contributed by atoms with van der Waals surface area (Å²) in [7, 11) is 0. The fraction of sp³-hybridized carbons (Fsp3) is 0.353. The highest BCUT2D eigenvalue weighted by atomic mass is 19.2. The van der Waals surface area contributed by atoms with Crippen LogP contribution in [-0.2, 0) is 13.0 Å². The third kappa shape index (κ3) is 2.50. The van der Waals surface area contributed by atoms with Crippen LogP contribution >= 0.6 is 0 Å². The molecule has 1 aliphatic heterocycles. The van der Waals surface area contributed by atoms with Gasteiger partial charge in [0.05, 0.1) is 6.33 Å². The molecule has 5 nitrogen and oxygen atoms in total. The lowest BCUT2D eigenvalue weighted by atomic mass is 9.92. The van der Waals surface area contributed by atoms with Crippen LogP contribution in [0.15, 0.2) is 30.9 Å². The van der Waals surface area contributed by atoms with Crippen LogP contribution in [0.5, 0.6) is 0 Å². The smallest absolute Gasteiger partial charge is 0.165 e. The molecule has 0 spiro atoms. The van der Waals surface area contributed by atoms with E-state index >= 15 is 0 Å². The first-order valence-corrected chi connectivity index (χ1v) is 8.00. The van der Waals surface area contributed by atoms with Crippen LogP contribution in [0.25, 0.3) is 11.2 Å². The maximum Gasteiger partial charge on any atom is 0.165 e. The average Bonchev–Trinajstić information content (AvgIpc) is 2.97. The molecule has 124 valence electrons. The molecule has 0 aliphatic carbocycles. The minimum absolute atomic E-state index is 0.396. The van der Waals surface area contributed by atoms with Gasteiger partial charge in [0, 0.05) is 19.6 Å². The van der Waals surface area contributed by atoms with Crippen LogP contribution in [0.4, 0.5) is 14.6 Å². The van der Waals surface area contributed by atoms with Crippen molar-refractivity contribution in [1.29, 1.82) is 0 Å². The van der Waals surface area contributed by atoms with Gasteiger partial charge in [-0.15, -0.1) is 0 Å². The van der Waals surface area contributed by atoms with Gasteiger partial charge in [0.25, 0.3) is 0 Å². The van der Waals surface area contributed by atoms with Crippen molar-refractivity contribution in [3.63, 3.8) is 0 Å². The Labute approximate surface area is 138 Å². The second kappa shape index (κ2) is 5.81. The Morgan fingerprint density at radius 3 is 2.71 bits per heavy atom. The highest BCUT2D eigenvalue weighted by Crippen LogP contribution is 2.29. The number of fused-ring (bicyclic) bond motifs is 1. The number of rotatable bonds is 4. The summed E-state index contributed by atoms with van der Waals surface area (Å²) >= 11 is 0. The summed E-state index contributed by atoms with van der Waals surface area (Å²) in [6, 6.07) is 4.11. The summed E-state index contributed by atoms with van der Waals surface area (Å²) in [6.45, 7) is 4.50. The lowest BCUT2D eigenvalue weighted by Crippen LogP contribution is -2.48. The molecule has 2 aromatic heterocycles. The topological polar surface area (TPSA) is 46.8 Å². The molecular weight excluding hydrogens is 312 g/mol. The van der Waals surface area contributed by atoms with E-state index in [2.05, 4.69) is 19.9 Å². The van der Waals surface area contributed by atoms with Crippen LogP contribution in [0.2, 0.25) is 0 Å². The zero-order valence-electron chi connectivity index (χ0n) is 13.3. The molecule has 7 heteroatoms. The van der Waals surface area contributed by atoms with Crippen molar-refractivity contribution >= 4 is 17.0 Å². The van der Waals surface area contributed by atoms with Crippen LogP contribution in [-0.4, -0.2) is 32.6 Å². The summed E-state index contributed by atoms with van der Waals surface area (Å²) in [5.41, 5.74) is 2.47. The van der Waals surface area contributed by atoms with Gasteiger partial charge in [-0.2, -0.15) is 0 Å². The molecule has 0 bridgehead atoms. The van der Waals surface area contributed by atoms with Gasteiger partial charge in [-0.25, -0.2) is 23.7 Å². The maximum atomic E-state index is 13.3. The molecule has 4 rings (SSSR count). The molecule has 0 radical (unpaired) electrons. The Hall–Kier alpha value is -2.57. The molecule has 0 saturated carbocycles. The predicted molar refractivity (Wildman–Crippen MR) is 86.8 cm³/mol. The fourth-order valence-corrected chi connectivity index (χ4v) is 3.20. The van der Waals surface area contributed by atoms with E-state index in [-0.39, 0.29) is 0 Å². The molecule has 1 aromatic carbocycles. The van der Waals surface area contributed by atoms with Crippen molar-refractivity contribution < 1.29 is 8.78 Å². The van der Waals surface area contributed by atoms with Gasteiger partial charge >= 0.3 is 0 Å². The van der Waals surface area contributed by atoms with Crippen molar-refractivity contribution in [3.8, 4) is 0 Å². The van der Waals surface area contributed by atoms with Crippen molar-refractivity contribution in [2.75, 3.05) is 18.0 Å². The molecule has 0 N–H and O–H groups in total. The average molecular weight is 329 g/mol. The Morgan fingerprint density at radius 1 is 1.12 bits per heavy atom. The second-order valence-corrected chi connectivity index (χ2v) is 6.12. The molecule has 1 aliphatic rings. The highest BCUT2D eigenvalue weighted by molar-refractivity contribution is 5.83. The standard InChI is InChI=1S/C17H17F2N5/c1-2-23-10-22-15-16(23)20-9-21-17(15)24-7-12(8-24)5-11-3-4-13(18)14(19)6-11/h3-4,6,9-10,12H,2,5,7-8H2,1H3. The zero-order chi connectivity index (χ0) is 16.7. The van der Waals surface area contributed by atoms with Crippen molar-refractivity contribution in [2.24, 2.45) is 5.92 Å². The van der Waals surface area contributed by atoms with E-state index < -0.39 is 11.6 Å². The Kier molecular flexibility index (Phi) is 3.63. The summed E-state index contributed by atoms with van der Waals surface area (Å²) < 4.78 is 28.3. The SMILES string of the molecule is CCn1cnc2c(N3CC(Cc4ccc(F)c(F)c4)C3)ncnc21. The summed E-state index contributed by atoms with van der Waals surface area (Å²) in [5, 5.41) is 0. The largest absolute Gasteiger partial charge is 0.354 e. The van der Waals surface area contributed by atoms with E-state index in [0.717, 1.165) is 48.6 Å².